The highest BCUT2D eigenvalue weighted by atomic mass is 35.5. The molecule has 12 heteroatoms. The fraction of sp³-hybridized carbons (Fsp3) is 0.348. The number of anilines is 4. The van der Waals surface area contributed by atoms with Crippen LogP contribution in [0.15, 0.2) is 51.9 Å². The fourth-order valence-corrected chi connectivity index (χ4v) is 4.50. The van der Waals surface area contributed by atoms with Crippen molar-refractivity contribution >= 4 is 56.9 Å². The Balaban J connectivity index is 0.00000432. The van der Waals surface area contributed by atoms with Gasteiger partial charge < -0.3 is 20.1 Å². The molecule has 3 aromatic rings. The van der Waals surface area contributed by atoms with Crippen LogP contribution in [0, 0.1) is 5.82 Å². The number of rotatable bonds is 9. The van der Waals surface area contributed by atoms with Gasteiger partial charge in [0.1, 0.15) is 16.5 Å². The zero-order valence-corrected chi connectivity index (χ0v) is 22.5. The molecule has 3 N–H and O–H groups in total. The number of hydrogen-bond acceptors (Lipinski definition) is 7. The summed E-state index contributed by atoms with van der Waals surface area (Å²) in [5.41, 5.74) is 1.46. The van der Waals surface area contributed by atoms with E-state index in [9.17, 15) is 12.8 Å². The van der Waals surface area contributed by atoms with Gasteiger partial charge in [-0.2, -0.15) is 0 Å². The first-order valence-corrected chi connectivity index (χ1v) is 12.5. The van der Waals surface area contributed by atoms with Crippen molar-refractivity contribution in [2.24, 2.45) is 0 Å². The molecule has 0 aliphatic heterocycles. The molecule has 0 saturated carbocycles. The second kappa shape index (κ2) is 11.5. The second-order valence-electron chi connectivity index (χ2n) is 8.86. The molecular formula is C23H30Cl2FN5O3S. The summed E-state index contributed by atoms with van der Waals surface area (Å²) in [7, 11) is -0.482. The zero-order valence-electron chi connectivity index (χ0n) is 20.1. The minimum Gasteiger partial charge on any atom is -0.372 e. The maximum Gasteiger partial charge on any atom is 0.266 e. The Kier molecular flexibility index (Phi) is 9.41. The Morgan fingerprint density at radius 1 is 1.14 bits per heavy atom. The molecular weight excluding hydrogens is 516 g/mol. The van der Waals surface area contributed by atoms with Crippen LogP contribution in [0.3, 0.4) is 0 Å². The molecule has 0 fully saturated rings. The minimum absolute atomic E-state index is 0. The lowest BCUT2D eigenvalue weighted by atomic mass is 9.93. The van der Waals surface area contributed by atoms with Crippen LogP contribution in [-0.4, -0.2) is 40.8 Å². The molecule has 8 nitrogen and oxygen atoms in total. The SMILES string of the molecule is CNCCN(C)c1ccccc1Nc1cc(F)c(S(=O)(=O)Nc2cc(C(C)(C)C)on2)cc1Cl.Cl. The van der Waals surface area contributed by atoms with Crippen LogP contribution in [0.5, 0.6) is 0 Å². The third-order valence-corrected chi connectivity index (χ3v) is 6.76. The highest BCUT2D eigenvalue weighted by Crippen LogP contribution is 2.34. The van der Waals surface area contributed by atoms with E-state index >= 15 is 0 Å². The van der Waals surface area contributed by atoms with Gasteiger partial charge in [-0.3, -0.25) is 4.72 Å². The maximum atomic E-state index is 15.0. The van der Waals surface area contributed by atoms with Crippen molar-refractivity contribution in [2.45, 2.75) is 31.1 Å². The molecule has 0 amide bonds. The van der Waals surface area contributed by atoms with Crippen molar-refractivity contribution in [1.82, 2.24) is 10.5 Å². The van der Waals surface area contributed by atoms with Gasteiger partial charge in [0, 0.05) is 37.7 Å². The van der Waals surface area contributed by atoms with Gasteiger partial charge in [-0.15, -0.1) is 12.4 Å². The molecule has 0 atom stereocenters. The van der Waals surface area contributed by atoms with Gasteiger partial charge in [-0.05, 0) is 25.2 Å². The van der Waals surface area contributed by atoms with Gasteiger partial charge in [-0.1, -0.05) is 49.7 Å². The number of likely N-dealkylation sites (N-methyl/N-ethyl adjacent to an activating group) is 2. The Morgan fingerprint density at radius 2 is 1.83 bits per heavy atom. The highest BCUT2D eigenvalue weighted by molar-refractivity contribution is 7.92. The van der Waals surface area contributed by atoms with E-state index in [2.05, 4.69) is 20.5 Å². The number of halogens is 3. The number of hydrogen-bond donors (Lipinski definition) is 3. The maximum absolute atomic E-state index is 15.0. The molecule has 0 unspecified atom stereocenters. The van der Waals surface area contributed by atoms with Gasteiger partial charge in [0.2, 0.25) is 0 Å². The monoisotopic (exact) mass is 545 g/mol. The average molecular weight is 546 g/mol. The number of benzene rings is 2. The lowest BCUT2D eigenvalue weighted by molar-refractivity contribution is 0.331. The van der Waals surface area contributed by atoms with Gasteiger partial charge in [0.25, 0.3) is 10.0 Å². The Labute approximate surface area is 216 Å². The van der Waals surface area contributed by atoms with Crippen LogP contribution < -0.4 is 20.3 Å². The standard InChI is InChI=1S/C23H29ClFN5O3S.ClH/c1-23(2,3)21-14-22(28-33-21)29-34(31,32)20-12-15(24)18(13-16(20)25)27-17-8-6-7-9-19(17)30(5)11-10-26-4;/h6-9,12-14,26-27H,10-11H2,1-5H3,(H,28,29);1H. The average Bonchev–Trinajstić information content (AvgIpc) is 3.23. The summed E-state index contributed by atoms with van der Waals surface area (Å²) in [5, 5.41) is 9.98. The lowest BCUT2D eigenvalue weighted by Crippen LogP contribution is -2.27. The van der Waals surface area contributed by atoms with Crippen molar-refractivity contribution < 1.29 is 17.3 Å². The van der Waals surface area contributed by atoms with Crippen molar-refractivity contribution in [3.8, 4) is 0 Å². The zero-order chi connectivity index (χ0) is 25.1. The van der Waals surface area contributed by atoms with E-state index in [0.717, 1.165) is 30.9 Å². The van der Waals surface area contributed by atoms with E-state index in [0.29, 0.717) is 11.4 Å². The third kappa shape index (κ3) is 7.00. The Hall–Kier alpha value is -2.53. The minimum atomic E-state index is -4.30. The topological polar surface area (TPSA) is 99.5 Å². The molecule has 2 aromatic carbocycles. The number of aromatic nitrogens is 1. The van der Waals surface area contributed by atoms with Gasteiger partial charge >= 0.3 is 0 Å². The molecule has 0 aliphatic carbocycles. The van der Waals surface area contributed by atoms with Crippen LogP contribution in [0.25, 0.3) is 0 Å². The Morgan fingerprint density at radius 3 is 2.46 bits per heavy atom. The molecule has 0 bridgehead atoms. The summed E-state index contributed by atoms with van der Waals surface area (Å²) in [6.45, 7) is 7.22. The summed E-state index contributed by atoms with van der Waals surface area (Å²) in [4.78, 5) is 1.44. The molecule has 0 saturated heterocycles. The van der Waals surface area contributed by atoms with E-state index in [1.165, 1.54) is 6.07 Å². The molecule has 0 spiro atoms. The quantitative estimate of drug-likeness (QED) is 0.331. The molecule has 0 aliphatic rings. The van der Waals surface area contributed by atoms with E-state index in [1.807, 2.05) is 64.0 Å². The fourth-order valence-electron chi connectivity index (χ4n) is 3.16. The van der Waals surface area contributed by atoms with E-state index in [-0.39, 0.29) is 34.3 Å². The van der Waals surface area contributed by atoms with Gasteiger partial charge in [-0.25, -0.2) is 12.8 Å². The van der Waals surface area contributed by atoms with E-state index in [4.69, 9.17) is 16.1 Å². The summed E-state index contributed by atoms with van der Waals surface area (Å²) < 4.78 is 48.1. The van der Waals surface area contributed by atoms with E-state index in [1.54, 1.807) is 0 Å². The van der Waals surface area contributed by atoms with Crippen LogP contribution >= 0.6 is 24.0 Å². The lowest BCUT2D eigenvalue weighted by Gasteiger charge is -2.23. The van der Waals surface area contributed by atoms with Crippen LogP contribution in [-0.2, 0) is 15.4 Å². The number of nitrogens with zero attached hydrogens (tertiary/aromatic N) is 2. The van der Waals surface area contributed by atoms with Crippen molar-refractivity contribution in [1.29, 1.82) is 0 Å². The van der Waals surface area contributed by atoms with Crippen LogP contribution in [0.2, 0.25) is 5.02 Å². The summed E-state index contributed by atoms with van der Waals surface area (Å²) in [5.74, 6) is -0.511. The van der Waals surface area contributed by atoms with Crippen LogP contribution in [0.4, 0.5) is 27.3 Å². The molecule has 3 rings (SSSR count). The molecule has 1 heterocycles. The van der Waals surface area contributed by atoms with E-state index < -0.39 is 20.7 Å². The molecule has 0 radical (unpaired) electrons. The first kappa shape index (κ1) is 28.7. The largest absolute Gasteiger partial charge is 0.372 e. The molecule has 1 aromatic heterocycles. The molecule has 192 valence electrons. The number of para-hydroxylation sites is 2. The summed E-state index contributed by atoms with van der Waals surface area (Å²) in [6.07, 6.45) is 0. The first-order chi connectivity index (χ1) is 15.9. The Bertz CT molecular complexity index is 1260. The molecule has 35 heavy (non-hydrogen) atoms. The third-order valence-electron chi connectivity index (χ3n) is 5.08. The summed E-state index contributed by atoms with van der Waals surface area (Å²) >= 11 is 6.36. The second-order valence-corrected chi connectivity index (χ2v) is 10.9. The summed E-state index contributed by atoms with van der Waals surface area (Å²) in [6, 6.07) is 11.1. The first-order valence-electron chi connectivity index (χ1n) is 10.6. The van der Waals surface area contributed by atoms with Crippen molar-refractivity contribution in [2.75, 3.05) is 42.1 Å². The highest BCUT2D eigenvalue weighted by Gasteiger charge is 2.25. The van der Waals surface area contributed by atoms with Crippen LogP contribution in [0.1, 0.15) is 26.5 Å². The van der Waals surface area contributed by atoms with Crippen molar-refractivity contribution in [3.05, 3.63) is 59.1 Å². The number of nitrogens with one attached hydrogen (secondary N) is 3. The van der Waals surface area contributed by atoms with Gasteiger partial charge in [0.05, 0.1) is 22.1 Å². The predicted octanol–water partition coefficient (Wildman–Crippen LogP) is 5.39. The number of sulfonamides is 1. The predicted molar refractivity (Wildman–Crippen MR) is 142 cm³/mol. The smallest absolute Gasteiger partial charge is 0.266 e. The normalized spacial score (nSPS) is 11.6. The van der Waals surface area contributed by atoms with Gasteiger partial charge in [0.15, 0.2) is 5.82 Å². The van der Waals surface area contributed by atoms with Crippen molar-refractivity contribution in [3.63, 3.8) is 0 Å².